The fraction of sp³-hybridized carbons (Fsp3) is 0.0741. The average molecular weight is 432 g/mol. The molecule has 1 unspecified atom stereocenters. The molecule has 6 rings (SSSR count). The van der Waals surface area contributed by atoms with Gasteiger partial charge in [-0.15, -0.1) is 0 Å². The molecule has 0 spiro atoms. The quantitative estimate of drug-likeness (QED) is 0.453. The summed E-state index contributed by atoms with van der Waals surface area (Å²) >= 11 is 0. The number of amides is 1. The van der Waals surface area contributed by atoms with Gasteiger partial charge in [0.05, 0.1) is 29.5 Å². The standard InChI is InChI=1S/C27H20N4O2/c32-26-24(17-6-2-1-3-7-17)25(19-14-18-8-4-5-9-21(18)30-16-19)31(27(26)33)20-10-11-22-23(15-20)29-13-12-28-22/h1-11,13-16,25,28,32H,12H2. The highest BCUT2D eigenvalue weighted by Crippen LogP contribution is 2.46. The highest BCUT2D eigenvalue weighted by Gasteiger charge is 2.42. The number of rotatable bonds is 3. The molecule has 33 heavy (non-hydrogen) atoms. The number of aliphatic imine (C=N–C) groups is 1. The van der Waals surface area contributed by atoms with Gasteiger partial charge in [0.2, 0.25) is 0 Å². The number of hydrogen-bond acceptors (Lipinski definition) is 5. The highest BCUT2D eigenvalue weighted by molar-refractivity contribution is 6.16. The van der Waals surface area contributed by atoms with E-state index in [0.717, 1.165) is 33.4 Å². The van der Waals surface area contributed by atoms with Crippen molar-refractivity contribution < 1.29 is 9.90 Å². The zero-order chi connectivity index (χ0) is 22.4. The van der Waals surface area contributed by atoms with Crippen LogP contribution in [-0.4, -0.2) is 28.8 Å². The van der Waals surface area contributed by atoms with Crippen molar-refractivity contribution in [1.82, 2.24) is 4.98 Å². The number of aliphatic hydroxyl groups is 1. The minimum absolute atomic E-state index is 0.251. The minimum Gasteiger partial charge on any atom is -0.503 e. The molecule has 2 aliphatic heterocycles. The SMILES string of the molecule is O=C1C(O)=C(c2ccccc2)C(c2cnc3ccccc3c2)N1c1ccc2c(c1)N=CCN2. The fourth-order valence-electron chi connectivity index (χ4n) is 4.56. The van der Waals surface area contributed by atoms with E-state index in [0.29, 0.717) is 17.8 Å². The predicted octanol–water partition coefficient (Wildman–Crippen LogP) is 5.42. The molecular formula is C27H20N4O2. The number of para-hydroxylation sites is 1. The first-order chi connectivity index (χ1) is 16.2. The lowest BCUT2D eigenvalue weighted by atomic mass is 9.93. The minimum atomic E-state index is -0.532. The van der Waals surface area contributed by atoms with Gasteiger partial charge in [0.25, 0.3) is 5.91 Å². The first-order valence-electron chi connectivity index (χ1n) is 10.8. The Morgan fingerprint density at radius 3 is 2.67 bits per heavy atom. The summed E-state index contributed by atoms with van der Waals surface area (Å²) in [6.07, 6.45) is 3.58. The molecule has 0 bridgehead atoms. The summed E-state index contributed by atoms with van der Waals surface area (Å²) < 4.78 is 0. The van der Waals surface area contributed by atoms with Gasteiger partial charge < -0.3 is 10.4 Å². The van der Waals surface area contributed by atoms with E-state index in [1.807, 2.05) is 78.9 Å². The number of anilines is 2. The zero-order valence-corrected chi connectivity index (χ0v) is 17.6. The second-order valence-electron chi connectivity index (χ2n) is 8.06. The van der Waals surface area contributed by atoms with Crippen molar-refractivity contribution in [1.29, 1.82) is 0 Å². The molecule has 0 radical (unpaired) electrons. The highest BCUT2D eigenvalue weighted by atomic mass is 16.3. The number of fused-ring (bicyclic) bond motifs is 2. The smallest absolute Gasteiger partial charge is 0.294 e. The van der Waals surface area contributed by atoms with Crippen molar-refractivity contribution in [3.05, 3.63) is 102 Å². The van der Waals surface area contributed by atoms with Gasteiger partial charge in [-0.2, -0.15) is 0 Å². The van der Waals surface area contributed by atoms with Crippen molar-refractivity contribution in [2.24, 2.45) is 4.99 Å². The molecule has 0 aliphatic carbocycles. The first-order valence-corrected chi connectivity index (χ1v) is 10.8. The van der Waals surface area contributed by atoms with E-state index in [9.17, 15) is 9.90 Å². The van der Waals surface area contributed by atoms with Crippen LogP contribution in [0.5, 0.6) is 0 Å². The summed E-state index contributed by atoms with van der Waals surface area (Å²) in [5.74, 6) is -0.696. The van der Waals surface area contributed by atoms with E-state index in [1.54, 1.807) is 17.3 Å². The monoisotopic (exact) mass is 432 g/mol. The number of benzene rings is 3. The normalized spacial score (nSPS) is 17.4. The van der Waals surface area contributed by atoms with E-state index in [1.165, 1.54) is 0 Å². The van der Waals surface area contributed by atoms with Gasteiger partial charge in [-0.1, -0.05) is 48.5 Å². The average Bonchev–Trinajstić information content (AvgIpc) is 3.14. The molecule has 0 fully saturated rings. The molecule has 1 atom stereocenters. The Bertz CT molecular complexity index is 1460. The second kappa shape index (κ2) is 7.60. The Kier molecular flexibility index (Phi) is 4.43. The number of pyridine rings is 1. The molecule has 1 amide bonds. The van der Waals surface area contributed by atoms with Crippen LogP contribution in [0.3, 0.4) is 0 Å². The van der Waals surface area contributed by atoms with Gasteiger partial charge in [0.1, 0.15) is 0 Å². The third-order valence-electron chi connectivity index (χ3n) is 6.09. The van der Waals surface area contributed by atoms with Crippen molar-refractivity contribution in [2.45, 2.75) is 6.04 Å². The zero-order valence-electron chi connectivity index (χ0n) is 17.6. The maximum atomic E-state index is 13.4. The summed E-state index contributed by atoms with van der Waals surface area (Å²) in [6, 6.07) is 24.6. The summed E-state index contributed by atoms with van der Waals surface area (Å²) in [5, 5.41) is 15.3. The Morgan fingerprint density at radius 2 is 1.79 bits per heavy atom. The van der Waals surface area contributed by atoms with Gasteiger partial charge in [0.15, 0.2) is 5.76 Å². The molecule has 0 saturated carbocycles. The fourth-order valence-corrected chi connectivity index (χ4v) is 4.56. The number of carbonyl (C=O) groups is 1. The number of nitrogens with zero attached hydrogens (tertiary/aromatic N) is 3. The van der Waals surface area contributed by atoms with Gasteiger partial charge in [-0.25, -0.2) is 0 Å². The Labute approximate surface area is 190 Å². The van der Waals surface area contributed by atoms with Crippen molar-refractivity contribution in [3.8, 4) is 0 Å². The van der Waals surface area contributed by atoms with E-state index in [4.69, 9.17) is 0 Å². The van der Waals surface area contributed by atoms with Crippen molar-refractivity contribution in [2.75, 3.05) is 16.8 Å². The third kappa shape index (κ3) is 3.15. The molecule has 6 heteroatoms. The third-order valence-corrected chi connectivity index (χ3v) is 6.09. The second-order valence-corrected chi connectivity index (χ2v) is 8.06. The van der Waals surface area contributed by atoms with Gasteiger partial charge in [-0.05, 0) is 41.5 Å². The van der Waals surface area contributed by atoms with E-state index >= 15 is 0 Å². The van der Waals surface area contributed by atoms with E-state index in [2.05, 4.69) is 15.3 Å². The summed E-state index contributed by atoms with van der Waals surface area (Å²) in [7, 11) is 0. The largest absolute Gasteiger partial charge is 0.503 e. The number of aromatic nitrogens is 1. The van der Waals surface area contributed by atoms with E-state index < -0.39 is 11.9 Å². The Morgan fingerprint density at radius 1 is 0.970 bits per heavy atom. The maximum absolute atomic E-state index is 13.4. The number of aliphatic hydroxyl groups excluding tert-OH is 1. The first kappa shape index (κ1) is 19.3. The molecule has 4 aromatic rings. The molecular weight excluding hydrogens is 412 g/mol. The topological polar surface area (TPSA) is 77.8 Å². The van der Waals surface area contributed by atoms with Crippen LogP contribution in [0.1, 0.15) is 17.2 Å². The molecule has 2 N–H and O–H groups in total. The van der Waals surface area contributed by atoms with Gasteiger partial charge in [-0.3, -0.25) is 19.7 Å². The molecule has 2 aliphatic rings. The van der Waals surface area contributed by atoms with Crippen LogP contribution in [-0.2, 0) is 4.79 Å². The van der Waals surface area contributed by atoms with Gasteiger partial charge in [0, 0.05) is 29.1 Å². The molecule has 160 valence electrons. The predicted molar refractivity (Wildman–Crippen MR) is 131 cm³/mol. The number of nitrogens with one attached hydrogen (secondary N) is 1. The van der Waals surface area contributed by atoms with Crippen LogP contribution >= 0.6 is 0 Å². The van der Waals surface area contributed by atoms with Crippen LogP contribution < -0.4 is 10.2 Å². The Hall–Kier alpha value is -4.45. The number of carbonyl (C=O) groups excluding carboxylic acids is 1. The van der Waals surface area contributed by atoms with Crippen molar-refractivity contribution in [3.63, 3.8) is 0 Å². The maximum Gasteiger partial charge on any atom is 0.294 e. The van der Waals surface area contributed by atoms with Crippen LogP contribution in [0.25, 0.3) is 16.5 Å². The van der Waals surface area contributed by atoms with Crippen LogP contribution in [0.4, 0.5) is 17.1 Å². The summed E-state index contributed by atoms with van der Waals surface area (Å²) in [6.45, 7) is 0.668. The molecule has 0 saturated heterocycles. The van der Waals surface area contributed by atoms with Crippen molar-refractivity contribution >= 4 is 45.7 Å². The lowest BCUT2D eigenvalue weighted by Crippen LogP contribution is -2.30. The summed E-state index contributed by atoms with van der Waals surface area (Å²) in [4.78, 5) is 24.2. The van der Waals surface area contributed by atoms with Crippen LogP contribution in [0, 0.1) is 0 Å². The molecule has 3 aromatic carbocycles. The van der Waals surface area contributed by atoms with Crippen LogP contribution in [0.15, 0.2) is 95.8 Å². The number of hydrogen-bond donors (Lipinski definition) is 2. The summed E-state index contributed by atoms with van der Waals surface area (Å²) in [5.41, 5.74) is 5.39. The Balaban J connectivity index is 1.55. The molecule has 6 nitrogen and oxygen atoms in total. The van der Waals surface area contributed by atoms with E-state index in [-0.39, 0.29) is 5.76 Å². The molecule has 1 aromatic heterocycles. The van der Waals surface area contributed by atoms with Crippen LogP contribution in [0.2, 0.25) is 0 Å². The lowest BCUT2D eigenvalue weighted by molar-refractivity contribution is -0.117. The lowest BCUT2D eigenvalue weighted by Gasteiger charge is -2.28. The molecule has 3 heterocycles. The van der Waals surface area contributed by atoms with Gasteiger partial charge >= 0.3 is 0 Å².